The first-order valence-electron chi connectivity index (χ1n) is 10.5. The van der Waals surface area contributed by atoms with E-state index in [9.17, 15) is 4.39 Å². The van der Waals surface area contributed by atoms with Crippen LogP contribution in [0.2, 0.25) is 5.02 Å². The summed E-state index contributed by atoms with van der Waals surface area (Å²) >= 11 is 10.0. The van der Waals surface area contributed by atoms with Crippen molar-refractivity contribution in [3.05, 3.63) is 81.6 Å². The molecule has 10 heteroatoms. The fourth-order valence-electron chi connectivity index (χ4n) is 4.15. The van der Waals surface area contributed by atoms with Crippen molar-refractivity contribution < 1.29 is 4.39 Å². The van der Waals surface area contributed by atoms with E-state index in [4.69, 9.17) is 17.3 Å². The number of hydrogen-bond donors (Lipinski definition) is 1. The molecule has 0 amide bonds. The van der Waals surface area contributed by atoms with Crippen molar-refractivity contribution in [2.24, 2.45) is 5.73 Å². The predicted octanol–water partition coefficient (Wildman–Crippen LogP) is 4.23. The van der Waals surface area contributed by atoms with Gasteiger partial charge in [-0.05, 0) is 46.6 Å². The highest BCUT2D eigenvalue weighted by Gasteiger charge is 2.27. The van der Waals surface area contributed by atoms with Gasteiger partial charge in [-0.3, -0.25) is 0 Å². The van der Waals surface area contributed by atoms with Gasteiger partial charge in [0, 0.05) is 54.8 Å². The lowest BCUT2D eigenvalue weighted by Gasteiger charge is -2.36. The Hall–Kier alpha value is -2.75. The van der Waals surface area contributed by atoms with E-state index in [0.29, 0.717) is 11.0 Å². The molecular formula is C23H22BrClFN7. The maximum Gasteiger partial charge on any atom is 0.225 e. The molecule has 3 aromatic heterocycles. The van der Waals surface area contributed by atoms with Gasteiger partial charge in [-0.2, -0.15) is 5.10 Å². The third-order valence-electron chi connectivity index (χ3n) is 6.09. The van der Waals surface area contributed by atoms with E-state index in [1.54, 1.807) is 30.7 Å². The van der Waals surface area contributed by atoms with Gasteiger partial charge in [-0.1, -0.05) is 23.7 Å². The number of nitrogens with zero attached hydrogens (tertiary/aromatic N) is 6. The van der Waals surface area contributed by atoms with E-state index in [0.717, 1.165) is 53.0 Å². The molecule has 1 aliphatic heterocycles. The van der Waals surface area contributed by atoms with Gasteiger partial charge in [0.25, 0.3) is 0 Å². The minimum absolute atomic E-state index is 0.293. The Morgan fingerprint density at radius 3 is 2.30 bits per heavy atom. The highest BCUT2D eigenvalue weighted by molar-refractivity contribution is 9.10. The van der Waals surface area contributed by atoms with Gasteiger partial charge < -0.3 is 15.5 Å². The highest BCUT2D eigenvalue weighted by atomic mass is 79.9. The molecule has 33 heavy (non-hydrogen) atoms. The zero-order chi connectivity index (χ0) is 23.2. The molecule has 1 fully saturated rings. The Labute approximate surface area is 204 Å². The van der Waals surface area contributed by atoms with Crippen LogP contribution >= 0.6 is 27.5 Å². The summed E-state index contributed by atoms with van der Waals surface area (Å²) in [4.78, 5) is 13.6. The van der Waals surface area contributed by atoms with Gasteiger partial charge in [0.2, 0.25) is 5.95 Å². The van der Waals surface area contributed by atoms with Crippen LogP contribution in [0, 0.1) is 5.82 Å². The number of fused-ring (bicyclic) bond motifs is 1. The zero-order valence-corrected chi connectivity index (χ0v) is 20.3. The Morgan fingerprint density at radius 2 is 1.64 bits per heavy atom. The number of halogens is 3. The van der Waals surface area contributed by atoms with Crippen molar-refractivity contribution in [1.29, 1.82) is 0 Å². The summed E-state index contributed by atoms with van der Waals surface area (Å²) < 4.78 is 16.1. The van der Waals surface area contributed by atoms with Crippen LogP contribution in [-0.2, 0) is 5.54 Å². The Morgan fingerprint density at radius 1 is 1.00 bits per heavy atom. The molecule has 0 saturated carbocycles. The largest absolute Gasteiger partial charge is 0.365 e. The minimum Gasteiger partial charge on any atom is -0.365 e. The van der Waals surface area contributed by atoms with Gasteiger partial charge in [-0.25, -0.2) is 18.9 Å². The number of anilines is 2. The summed E-state index contributed by atoms with van der Waals surface area (Å²) in [6, 6.07) is 8.21. The number of piperazine rings is 1. The van der Waals surface area contributed by atoms with E-state index in [2.05, 4.69) is 40.8 Å². The van der Waals surface area contributed by atoms with E-state index in [1.165, 1.54) is 12.1 Å². The van der Waals surface area contributed by atoms with Gasteiger partial charge in [0.05, 0.1) is 28.0 Å². The molecule has 2 N–H and O–H groups in total. The summed E-state index contributed by atoms with van der Waals surface area (Å²) in [6.45, 7) is 4.93. The van der Waals surface area contributed by atoms with Crippen LogP contribution in [0.5, 0.6) is 0 Å². The van der Waals surface area contributed by atoms with Gasteiger partial charge in [0.15, 0.2) is 0 Å². The quantitative estimate of drug-likeness (QED) is 0.426. The molecule has 170 valence electrons. The third kappa shape index (κ3) is 4.16. The van der Waals surface area contributed by atoms with E-state index in [-0.39, 0.29) is 5.82 Å². The number of hydrogen-bond acceptors (Lipinski definition) is 6. The predicted molar refractivity (Wildman–Crippen MR) is 131 cm³/mol. The average molecular weight is 531 g/mol. The maximum atomic E-state index is 13.3. The van der Waals surface area contributed by atoms with Gasteiger partial charge in [-0.15, -0.1) is 0 Å². The van der Waals surface area contributed by atoms with Crippen molar-refractivity contribution in [2.75, 3.05) is 36.0 Å². The van der Waals surface area contributed by atoms with Crippen LogP contribution in [-0.4, -0.2) is 45.8 Å². The van der Waals surface area contributed by atoms with Crippen LogP contribution in [0.1, 0.15) is 18.1 Å². The fraction of sp³-hybridized carbons (Fsp3) is 0.261. The average Bonchev–Trinajstić information content (AvgIpc) is 3.20. The van der Waals surface area contributed by atoms with Crippen molar-refractivity contribution in [3.63, 3.8) is 0 Å². The lowest BCUT2D eigenvalue weighted by Crippen LogP contribution is -2.47. The number of nitrogens with two attached hydrogens (primary N) is 1. The zero-order valence-electron chi connectivity index (χ0n) is 17.9. The molecule has 1 aliphatic rings. The summed E-state index contributed by atoms with van der Waals surface area (Å²) in [5, 5.41) is 4.97. The molecule has 0 bridgehead atoms. The van der Waals surface area contributed by atoms with Crippen molar-refractivity contribution in [3.8, 4) is 0 Å². The van der Waals surface area contributed by atoms with Crippen molar-refractivity contribution in [1.82, 2.24) is 19.6 Å². The minimum atomic E-state index is -0.820. The Bertz CT molecular complexity index is 1280. The molecule has 1 saturated heterocycles. The number of rotatable bonds is 4. The number of aromatic nitrogens is 4. The SMILES string of the molecule is C[C@](N)(c1ccc(F)cc1)c1cnc(N2CCN(c3c(Cl)cnn4cc(Br)cc34)CC2)nc1. The summed E-state index contributed by atoms with van der Waals surface area (Å²) in [6.07, 6.45) is 7.09. The fourth-order valence-corrected chi connectivity index (χ4v) is 4.82. The molecule has 1 atom stereocenters. The van der Waals surface area contributed by atoms with Crippen LogP contribution in [0.4, 0.5) is 16.0 Å². The molecule has 7 nitrogen and oxygen atoms in total. The monoisotopic (exact) mass is 529 g/mol. The van der Waals surface area contributed by atoms with Crippen LogP contribution < -0.4 is 15.5 Å². The molecule has 0 unspecified atom stereocenters. The summed E-state index contributed by atoms with van der Waals surface area (Å²) in [7, 11) is 0. The smallest absolute Gasteiger partial charge is 0.225 e. The molecule has 4 heterocycles. The van der Waals surface area contributed by atoms with Crippen LogP contribution in [0.15, 0.2) is 59.6 Å². The number of benzene rings is 1. The lowest BCUT2D eigenvalue weighted by molar-refractivity contribution is 0.585. The first-order chi connectivity index (χ1) is 15.8. The highest BCUT2D eigenvalue weighted by Crippen LogP contribution is 2.33. The van der Waals surface area contributed by atoms with Crippen LogP contribution in [0.3, 0.4) is 0 Å². The van der Waals surface area contributed by atoms with E-state index >= 15 is 0 Å². The normalized spacial score (nSPS) is 16.3. The molecular weight excluding hydrogens is 509 g/mol. The second-order valence-electron chi connectivity index (χ2n) is 8.28. The summed E-state index contributed by atoms with van der Waals surface area (Å²) in [5.74, 6) is 0.364. The molecule has 4 aromatic rings. The van der Waals surface area contributed by atoms with Gasteiger partial charge in [0.1, 0.15) is 5.82 Å². The second-order valence-corrected chi connectivity index (χ2v) is 9.61. The molecule has 0 aliphatic carbocycles. The molecule has 1 aromatic carbocycles. The third-order valence-corrected chi connectivity index (χ3v) is 6.80. The Balaban J connectivity index is 1.31. The standard InChI is InChI=1S/C23H22BrClFN7/c1-23(27,15-2-4-18(26)5-3-15)16-11-28-22(29-12-16)32-8-6-31(7-9-32)21-19(25)13-30-33-14-17(24)10-20(21)33/h2-5,10-14H,6-9,27H2,1H3/t23-/m0/s1. The lowest BCUT2D eigenvalue weighted by atomic mass is 9.87. The van der Waals surface area contributed by atoms with Crippen molar-refractivity contribution >= 4 is 44.7 Å². The van der Waals surface area contributed by atoms with Crippen molar-refractivity contribution in [2.45, 2.75) is 12.5 Å². The second kappa shape index (κ2) is 8.55. The first-order valence-corrected chi connectivity index (χ1v) is 11.7. The first kappa shape index (κ1) is 22.1. The maximum absolute atomic E-state index is 13.3. The molecule has 0 spiro atoms. The van der Waals surface area contributed by atoms with E-state index in [1.807, 2.05) is 23.7 Å². The summed E-state index contributed by atoms with van der Waals surface area (Å²) in [5.41, 5.74) is 9.22. The Kier molecular flexibility index (Phi) is 5.72. The van der Waals surface area contributed by atoms with Gasteiger partial charge >= 0.3 is 0 Å². The molecule has 5 rings (SSSR count). The molecule has 0 radical (unpaired) electrons. The van der Waals surface area contributed by atoms with E-state index < -0.39 is 5.54 Å². The van der Waals surface area contributed by atoms with Crippen LogP contribution in [0.25, 0.3) is 5.52 Å². The topological polar surface area (TPSA) is 75.6 Å².